The summed E-state index contributed by atoms with van der Waals surface area (Å²) in [5.41, 5.74) is 5.87. The van der Waals surface area contributed by atoms with E-state index in [4.69, 9.17) is 5.73 Å². The highest BCUT2D eigenvalue weighted by Gasteiger charge is 2.24. The normalized spacial score (nSPS) is 17.4. The van der Waals surface area contributed by atoms with Gasteiger partial charge in [0.15, 0.2) is 0 Å². The largest absolute Gasteiger partial charge is 0.343 e. The molecule has 1 amide bonds. The molecule has 1 aliphatic heterocycles. The van der Waals surface area contributed by atoms with Crippen molar-refractivity contribution in [2.45, 2.75) is 52.0 Å². The average Bonchev–Trinajstić information content (AvgIpc) is 2.89. The van der Waals surface area contributed by atoms with Crippen LogP contribution < -0.4 is 5.73 Å². The molecule has 2 N–H and O–H groups in total. The zero-order chi connectivity index (χ0) is 13.4. The molecule has 1 aliphatic rings. The van der Waals surface area contributed by atoms with E-state index in [2.05, 4.69) is 18.7 Å². The lowest BCUT2D eigenvalue weighted by Gasteiger charge is -2.31. The van der Waals surface area contributed by atoms with Gasteiger partial charge in [-0.15, -0.1) is 0 Å². The summed E-state index contributed by atoms with van der Waals surface area (Å²) < 4.78 is 0. The van der Waals surface area contributed by atoms with Crippen LogP contribution in [0.5, 0.6) is 0 Å². The minimum atomic E-state index is 0.220. The predicted molar refractivity (Wildman–Crippen MR) is 75.4 cm³/mol. The van der Waals surface area contributed by atoms with Gasteiger partial charge >= 0.3 is 0 Å². The first-order chi connectivity index (χ1) is 8.72. The molecule has 0 aromatic rings. The molecule has 4 heteroatoms. The Bertz CT molecular complexity index is 233. The monoisotopic (exact) mass is 255 g/mol. The second-order valence-electron chi connectivity index (χ2n) is 5.22. The second-order valence-corrected chi connectivity index (χ2v) is 5.22. The highest BCUT2D eigenvalue weighted by Crippen LogP contribution is 2.13. The SMILES string of the molecule is CCCN(CCC)C(CN)CC(=O)N1CCCC1. The standard InChI is InChI=1S/C14H29N3O/c1-3-7-16(8-4-2)13(12-15)11-14(18)17-9-5-6-10-17/h13H,3-12,15H2,1-2H3. The van der Waals surface area contributed by atoms with E-state index < -0.39 is 0 Å². The van der Waals surface area contributed by atoms with Crippen LogP contribution >= 0.6 is 0 Å². The lowest BCUT2D eigenvalue weighted by Crippen LogP contribution is -2.45. The quantitative estimate of drug-likeness (QED) is 0.714. The summed E-state index contributed by atoms with van der Waals surface area (Å²) in [5, 5.41) is 0. The summed E-state index contributed by atoms with van der Waals surface area (Å²) in [6, 6.07) is 0.220. The molecule has 0 saturated carbocycles. The van der Waals surface area contributed by atoms with Crippen LogP contribution in [0.15, 0.2) is 0 Å². The maximum atomic E-state index is 12.2. The number of hydrogen-bond acceptors (Lipinski definition) is 3. The van der Waals surface area contributed by atoms with E-state index in [-0.39, 0.29) is 6.04 Å². The number of nitrogens with zero attached hydrogens (tertiary/aromatic N) is 2. The van der Waals surface area contributed by atoms with Gasteiger partial charge in [0.05, 0.1) is 0 Å². The van der Waals surface area contributed by atoms with Crippen LogP contribution in [0.3, 0.4) is 0 Å². The van der Waals surface area contributed by atoms with E-state index in [1.807, 2.05) is 4.90 Å². The lowest BCUT2D eigenvalue weighted by molar-refractivity contribution is -0.131. The van der Waals surface area contributed by atoms with E-state index in [0.717, 1.165) is 51.9 Å². The Kier molecular flexibility index (Phi) is 7.28. The van der Waals surface area contributed by atoms with Gasteiger partial charge in [0, 0.05) is 32.1 Å². The maximum absolute atomic E-state index is 12.2. The van der Waals surface area contributed by atoms with E-state index >= 15 is 0 Å². The van der Waals surface area contributed by atoms with Gasteiger partial charge in [0.2, 0.25) is 5.91 Å². The molecule has 1 atom stereocenters. The Labute approximate surface area is 111 Å². The van der Waals surface area contributed by atoms with Crippen molar-refractivity contribution in [1.29, 1.82) is 0 Å². The van der Waals surface area contributed by atoms with E-state index in [0.29, 0.717) is 18.9 Å². The fourth-order valence-electron chi connectivity index (χ4n) is 2.71. The summed E-state index contributed by atoms with van der Waals surface area (Å²) in [5.74, 6) is 0.292. The van der Waals surface area contributed by atoms with Crippen LogP contribution in [0, 0.1) is 0 Å². The van der Waals surface area contributed by atoms with Crippen LogP contribution in [-0.4, -0.2) is 54.5 Å². The van der Waals surface area contributed by atoms with Gasteiger partial charge in [0.1, 0.15) is 0 Å². The Morgan fingerprint density at radius 1 is 1.22 bits per heavy atom. The van der Waals surface area contributed by atoms with Crippen LogP contribution in [0.25, 0.3) is 0 Å². The van der Waals surface area contributed by atoms with E-state index in [1.165, 1.54) is 0 Å². The first kappa shape index (κ1) is 15.4. The maximum Gasteiger partial charge on any atom is 0.224 e. The number of nitrogens with two attached hydrogens (primary N) is 1. The molecule has 106 valence electrons. The Morgan fingerprint density at radius 3 is 2.22 bits per heavy atom. The van der Waals surface area contributed by atoms with Crippen LogP contribution in [0.2, 0.25) is 0 Å². The molecule has 1 unspecified atom stereocenters. The lowest BCUT2D eigenvalue weighted by atomic mass is 10.1. The highest BCUT2D eigenvalue weighted by atomic mass is 16.2. The minimum Gasteiger partial charge on any atom is -0.343 e. The summed E-state index contributed by atoms with van der Waals surface area (Å²) >= 11 is 0. The number of rotatable bonds is 8. The molecule has 18 heavy (non-hydrogen) atoms. The van der Waals surface area contributed by atoms with Crippen LogP contribution in [0.1, 0.15) is 46.0 Å². The van der Waals surface area contributed by atoms with Gasteiger partial charge in [-0.3, -0.25) is 9.69 Å². The van der Waals surface area contributed by atoms with Gasteiger partial charge in [-0.05, 0) is 38.8 Å². The van der Waals surface area contributed by atoms with Crippen molar-refractivity contribution in [2.75, 3.05) is 32.7 Å². The third-order valence-electron chi connectivity index (χ3n) is 3.68. The van der Waals surface area contributed by atoms with Crippen LogP contribution in [-0.2, 0) is 4.79 Å². The molecule has 0 spiro atoms. The third kappa shape index (κ3) is 4.58. The van der Waals surface area contributed by atoms with Crippen molar-refractivity contribution in [1.82, 2.24) is 9.80 Å². The van der Waals surface area contributed by atoms with Crippen molar-refractivity contribution in [3.8, 4) is 0 Å². The molecule has 1 heterocycles. The first-order valence-electron chi connectivity index (χ1n) is 7.44. The molecular weight excluding hydrogens is 226 g/mol. The molecule has 0 bridgehead atoms. The van der Waals surface area contributed by atoms with Crippen molar-refractivity contribution in [3.05, 3.63) is 0 Å². The smallest absolute Gasteiger partial charge is 0.224 e. The number of carbonyl (C=O) groups excluding carboxylic acids is 1. The molecule has 0 aromatic heterocycles. The van der Waals surface area contributed by atoms with Crippen molar-refractivity contribution in [3.63, 3.8) is 0 Å². The third-order valence-corrected chi connectivity index (χ3v) is 3.68. The van der Waals surface area contributed by atoms with Gasteiger partial charge in [-0.2, -0.15) is 0 Å². The fraction of sp³-hybridized carbons (Fsp3) is 0.929. The van der Waals surface area contributed by atoms with Crippen molar-refractivity contribution in [2.24, 2.45) is 5.73 Å². The fourth-order valence-corrected chi connectivity index (χ4v) is 2.71. The van der Waals surface area contributed by atoms with Crippen molar-refractivity contribution >= 4 is 5.91 Å². The summed E-state index contributed by atoms with van der Waals surface area (Å²) in [4.78, 5) is 16.6. The number of likely N-dealkylation sites (tertiary alicyclic amines) is 1. The van der Waals surface area contributed by atoms with Gasteiger partial charge in [-0.1, -0.05) is 13.8 Å². The van der Waals surface area contributed by atoms with Gasteiger partial charge in [0.25, 0.3) is 0 Å². The summed E-state index contributed by atoms with van der Waals surface area (Å²) in [7, 11) is 0. The molecule has 1 rings (SSSR count). The van der Waals surface area contributed by atoms with Gasteiger partial charge in [-0.25, -0.2) is 0 Å². The molecular formula is C14H29N3O. The second kappa shape index (κ2) is 8.48. The van der Waals surface area contributed by atoms with Crippen LogP contribution in [0.4, 0.5) is 0 Å². The zero-order valence-electron chi connectivity index (χ0n) is 12.0. The number of amides is 1. The first-order valence-corrected chi connectivity index (χ1v) is 7.44. The van der Waals surface area contributed by atoms with E-state index in [9.17, 15) is 4.79 Å². The molecule has 0 radical (unpaired) electrons. The Morgan fingerprint density at radius 2 is 1.78 bits per heavy atom. The molecule has 1 fully saturated rings. The zero-order valence-corrected chi connectivity index (χ0v) is 12.0. The minimum absolute atomic E-state index is 0.220. The Hall–Kier alpha value is -0.610. The van der Waals surface area contributed by atoms with Gasteiger partial charge < -0.3 is 10.6 Å². The summed E-state index contributed by atoms with van der Waals surface area (Å²) in [6.07, 6.45) is 5.15. The Balaban J connectivity index is 2.49. The topological polar surface area (TPSA) is 49.6 Å². The molecule has 0 aromatic carbocycles. The number of hydrogen-bond donors (Lipinski definition) is 1. The predicted octanol–water partition coefficient (Wildman–Crippen LogP) is 1.45. The average molecular weight is 255 g/mol. The highest BCUT2D eigenvalue weighted by molar-refractivity contribution is 5.77. The molecule has 1 saturated heterocycles. The number of carbonyl (C=O) groups is 1. The molecule has 0 aliphatic carbocycles. The molecule has 4 nitrogen and oxygen atoms in total. The summed E-state index contributed by atoms with van der Waals surface area (Å²) in [6.45, 7) is 8.91. The van der Waals surface area contributed by atoms with E-state index in [1.54, 1.807) is 0 Å². The van der Waals surface area contributed by atoms with Crippen molar-refractivity contribution < 1.29 is 4.79 Å².